The Morgan fingerprint density at radius 3 is 2.76 bits per heavy atom. The molecule has 4 rings (SSSR count). The molecule has 3 heterocycles. The van der Waals surface area contributed by atoms with Gasteiger partial charge in [0.1, 0.15) is 15.5 Å². The standard InChI is InChI=1S/C23H18FN3O5S2/c1-13-6-4-10-26-19(13)25-20(32-16-8-3-2-7-15(16)24)14(21(26)30)12-17-22(31)27(23(33)34-17)11-5-9-18(28)29/h2-4,6-8,10,12H,5,9,11H2,1H3,(H,28,29)/b17-12+. The van der Waals surface area contributed by atoms with E-state index in [-0.39, 0.29) is 45.8 Å². The summed E-state index contributed by atoms with van der Waals surface area (Å²) >= 11 is 6.26. The number of pyridine rings is 1. The number of halogens is 1. The number of benzene rings is 1. The summed E-state index contributed by atoms with van der Waals surface area (Å²) in [4.78, 5) is 43.0. The monoisotopic (exact) mass is 499 g/mol. The molecular formula is C23H18FN3O5S2. The molecule has 0 aliphatic carbocycles. The maximum absolute atomic E-state index is 14.3. The first-order chi connectivity index (χ1) is 16.3. The Labute approximate surface area is 202 Å². The summed E-state index contributed by atoms with van der Waals surface area (Å²) in [6, 6.07) is 9.18. The second-order valence-electron chi connectivity index (χ2n) is 7.38. The molecule has 8 nitrogen and oxygen atoms in total. The van der Waals surface area contributed by atoms with Crippen LogP contribution < -0.4 is 10.3 Å². The van der Waals surface area contributed by atoms with Gasteiger partial charge in [0.25, 0.3) is 11.5 Å². The molecule has 0 atom stereocenters. The van der Waals surface area contributed by atoms with Gasteiger partial charge in [0.05, 0.1) is 4.91 Å². The lowest BCUT2D eigenvalue weighted by Crippen LogP contribution is -2.29. The Morgan fingerprint density at radius 2 is 2.03 bits per heavy atom. The summed E-state index contributed by atoms with van der Waals surface area (Å²) < 4.78 is 21.5. The number of carbonyl (C=O) groups is 2. The number of carboxylic acid groups (broad SMARTS) is 1. The van der Waals surface area contributed by atoms with Gasteiger partial charge in [0.15, 0.2) is 11.6 Å². The second kappa shape index (κ2) is 9.74. The van der Waals surface area contributed by atoms with Crippen LogP contribution in [-0.4, -0.2) is 42.1 Å². The highest BCUT2D eigenvalue weighted by Crippen LogP contribution is 2.34. The Kier molecular flexibility index (Phi) is 6.75. The van der Waals surface area contributed by atoms with E-state index >= 15 is 0 Å². The van der Waals surface area contributed by atoms with E-state index in [1.807, 2.05) is 0 Å². The molecule has 0 spiro atoms. The molecule has 0 bridgehead atoms. The SMILES string of the molecule is Cc1cccn2c(=O)c(/C=C3/SC(=S)N(CCCC(=O)O)C3=O)c(Oc3ccccc3F)nc12. The minimum Gasteiger partial charge on any atom is -0.481 e. The number of thiocarbonyl (C=S) groups is 1. The zero-order valence-corrected chi connectivity index (χ0v) is 19.5. The Morgan fingerprint density at radius 1 is 1.26 bits per heavy atom. The van der Waals surface area contributed by atoms with Crippen LogP contribution in [0.2, 0.25) is 0 Å². The average Bonchev–Trinajstić information content (AvgIpc) is 3.05. The van der Waals surface area contributed by atoms with Crippen LogP contribution in [0.15, 0.2) is 52.3 Å². The molecule has 1 aliphatic rings. The molecule has 1 saturated heterocycles. The molecule has 1 aromatic carbocycles. The third-order valence-corrected chi connectivity index (χ3v) is 6.39. The molecule has 0 unspecified atom stereocenters. The van der Waals surface area contributed by atoms with E-state index in [2.05, 4.69) is 4.98 Å². The van der Waals surface area contributed by atoms with Crippen molar-refractivity contribution in [2.45, 2.75) is 19.8 Å². The van der Waals surface area contributed by atoms with Crippen molar-refractivity contribution in [1.82, 2.24) is 14.3 Å². The number of hydrogen-bond acceptors (Lipinski definition) is 7. The minimum absolute atomic E-state index is 0.0441. The Balaban J connectivity index is 1.79. The number of thioether (sulfide) groups is 1. The quantitative estimate of drug-likeness (QED) is 0.385. The van der Waals surface area contributed by atoms with Crippen LogP contribution in [0, 0.1) is 12.7 Å². The van der Waals surface area contributed by atoms with Gasteiger partial charge in [-0.15, -0.1) is 0 Å². The number of hydrogen-bond donors (Lipinski definition) is 1. The van der Waals surface area contributed by atoms with Gasteiger partial charge in [-0.1, -0.05) is 42.2 Å². The van der Waals surface area contributed by atoms with Crippen molar-refractivity contribution in [2.24, 2.45) is 0 Å². The maximum atomic E-state index is 14.3. The summed E-state index contributed by atoms with van der Waals surface area (Å²) in [6.45, 7) is 1.91. The van der Waals surface area contributed by atoms with Crippen LogP contribution in [0.4, 0.5) is 4.39 Å². The van der Waals surface area contributed by atoms with E-state index < -0.39 is 23.3 Å². The molecule has 1 fully saturated rings. The van der Waals surface area contributed by atoms with Crippen LogP contribution >= 0.6 is 24.0 Å². The van der Waals surface area contributed by atoms with Crippen molar-refractivity contribution < 1.29 is 23.8 Å². The van der Waals surface area contributed by atoms with E-state index in [1.165, 1.54) is 33.6 Å². The van der Waals surface area contributed by atoms with Gasteiger partial charge in [0, 0.05) is 19.2 Å². The number of aryl methyl sites for hydroxylation is 1. The van der Waals surface area contributed by atoms with Crippen LogP contribution in [-0.2, 0) is 9.59 Å². The lowest BCUT2D eigenvalue weighted by atomic mass is 10.2. The fourth-order valence-corrected chi connectivity index (χ4v) is 4.63. The molecule has 1 N–H and O–H groups in total. The van der Waals surface area contributed by atoms with Gasteiger partial charge in [0.2, 0.25) is 5.88 Å². The molecule has 1 aliphatic heterocycles. The van der Waals surface area contributed by atoms with Gasteiger partial charge in [-0.3, -0.25) is 23.7 Å². The van der Waals surface area contributed by atoms with Crippen LogP contribution in [0.25, 0.3) is 11.7 Å². The number of aromatic nitrogens is 2. The van der Waals surface area contributed by atoms with Gasteiger partial charge < -0.3 is 9.84 Å². The number of aliphatic carboxylic acids is 1. The molecule has 0 saturated carbocycles. The smallest absolute Gasteiger partial charge is 0.303 e. The Hall–Kier alpha value is -3.57. The maximum Gasteiger partial charge on any atom is 0.303 e. The van der Waals surface area contributed by atoms with Crippen molar-refractivity contribution in [3.63, 3.8) is 0 Å². The third-order valence-electron chi connectivity index (χ3n) is 5.01. The highest BCUT2D eigenvalue weighted by Gasteiger charge is 2.32. The first-order valence-electron chi connectivity index (χ1n) is 10.2. The number of amides is 1. The number of carboxylic acids is 1. The molecule has 2 aromatic heterocycles. The number of carbonyl (C=O) groups excluding carboxylic acids is 1. The predicted octanol–water partition coefficient (Wildman–Crippen LogP) is 4.00. The predicted molar refractivity (Wildman–Crippen MR) is 129 cm³/mol. The number of ether oxygens (including phenoxy) is 1. The van der Waals surface area contributed by atoms with Gasteiger partial charge in [-0.2, -0.15) is 4.98 Å². The molecule has 3 aromatic rings. The number of para-hydroxylation sites is 1. The summed E-state index contributed by atoms with van der Waals surface area (Å²) in [6.07, 6.45) is 3.00. The van der Waals surface area contributed by atoms with E-state index in [1.54, 1.807) is 31.3 Å². The second-order valence-corrected chi connectivity index (χ2v) is 9.06. The highest BCUT2D eigenvalue weighted by molar-refractivity contribution is 8.26. The van der Waals surface area contributed by atoms with Gasteiger partial charge >= 0.3 is 5.97 Å². The van der Waals surface area contributed by atoms with Crippen LogP contribution in [0.1, 0.15) is 24.0 Å². The Bertz CT molecular complexity index is 1420. The van der Waals surface area contributed by atoms with Crippen LogP contribution in [0.3, 0.4) is 0 Å². The fourth-order valence-electron chi connectivity index (χ4n) is 3.34. The highest BCUT2D eigenvalue weighted by atomic mass is 32.2. The molecule has 11 heteroatoms. The summed E-state index contributed by atoms with van der Waals surface area (Å²) in [5.41, 5.74) is 0.486. The van der Waals surface area contributed by atoms with Gasteiger partial charge in [-0.05, 0) is 43.2 Å². The summed E-state index contributed by atoms with van der Waals surface area (Å²) in [7, 11) is 0. The van der Waals surface area contributed by atoms with Crippen molar-refractivity contribution in [1.29, 1.82) is 0 Å². The molecule has 1 amide bonds. The minimum atomic E-state index is -0.971. The van der Waals surface area contributed by atoms with Crippen molar-refractivity contribution in [3.8, 4) is 11.6 Å². The van der Waals surface area contributed by atoms with Crippen molar-refractivity contribution in [2.75, 3.05) is 6.54 Å². The van der Waals surface area contributed by atoms with E-state index in [0.29, 0.717) is 11.2 Å². The van der Waals surface area contributed by atoms with Crippen molar-refractivity contribution in [3.05, 3.63) is 74.8 Å². The normalized spacial score (nSPS) is 14.9. The lowest BCUT2D eigenvalue weighted by molar-refractivity contribution is -0.137. The van der Waals surface area contributed by atoms with E-state index in [0.717, 1.165) is 11.8 Å². The van der Waals surface area contributed by atoms with Gasteiger partial charge in [-0.25, -0.2) is 4.39 Å². The zero-order chi connectivity index (χ0) is 24.4. The van der Waals surface area contributed by atoms with E-state index in [9.17, 15) is 18.8 Å². The molecule has 174 valence electrons. The van der Waals surface area contributed by atoms with E-state index in [4.69, 9.17) is 22.1 Å². The molecular weight excluding hydrogens is 481 g/mol. The number of rotatable bonds is 7. The average molecular weight is 500 g/mol. The topological polar surface area (TPSA) is 101 Å². The fraction of sp³-hybridized carbons (Fsp3) is 0.174. The van der Waals surface area contributed by atoms with Crippen LogP contribution in [0.5, 0.6) is 11.6 Å². The number of fused-ring (bicyclic) bond motifs is 1. The number of nitrogens with zero attached hydrogens (tertiary/aromatic N) is 3. The molecule has 34 heavy (non-hydrogen) atoms. The first kappa shape index (κ1) is 23.6. The third kappa shape index (κ3) is 4.70. The molecule has 0 radical (unpaired) electrons. The van der Waals surface area contributed by atoms with Crippen molar-refractivity contribution >= 4 is 51.9 Å². The largest absolute Gasteiger partial charge is 0.481 e. The zero-order valence-electron chi connectivity index (χ0n) is 17.9. The first-order valence-corrected chi connectivity index (χ1v) is 11.4. The lowest BCUT2D eigenvalue weighted by Gasteiger charge is -2.13. The summed E-state index contributed by atoms with van der Waals surface area (Å²) in [5, 5.41) is 8.84. The summed E-state index contributed by atoms with van der Waals surface area (Å²) in [5.74, 6) is -2.33.